The number of hydrogen-bond donors (Lipinski definition) is 4. The van der Waals surface area contributed by atoms with Gasteiger partial charge in [0.05, 0.1) is 28.8 Å². The molecule has 4 heterocycles. The van der Waals surface area contributed by atoms with Crippen LogP contribution in [-0.4, -0.2) is 91.5 Å². The summed E-state index contributed by atoms with van der Waals surface area (Å²) in [5, 5.41) is 12.8. The highest BCUT2D eigenvalue weighted by Crippen LogP contribution is 2.31. The molecular formula is C30H33FN8O5S. The highest BCUT2D eigenvalue weighted by atomic mass is 32.2. The Balaban J connectivity index is 1.26. The van der Waals surface area contributed by atoms with E-state index in [1.54, 1.807) is 30.6 Å². The van der Waals surface area contributed by atoms with E-state index in [1.807, 2.05) is 6.07 Å². The number of ether oxygens (including phenoxy) is 1. The lowest BCUT2D eigenvalue weighted by Gasteiger charge is -2.34. The maximum absolute atomic E-state index is 14.2. The molecule has 4 N–H and O–H groups in total. The molecule has 0 aliphatic carbocycles. The number of amides is 2. The van der Waals surface area contributed by atoms with Gasteiger partial charge in [-0.15, -0.1) is 0 Å². The molecule has 2 aromatic carbocycles. The number of H-pyrrole nitrogens is 2. The molecule has 0 atom stereocenters. The Kier molecular flexibility index (Phi) is 8.31. The van der Waals surface area contributed by atoms with Gasteiger partial charge >= 0.3 is 0 Å². The lowest BCUT2D eigenvalue weighted by atomic mass is 10.1. The first-order chi connectivity index (χ1) is 21.6. The number of anilines is 3. The summed E-state index contributed by atoms with van der Waals surface area (Å²) < 4.78 is 47.3. The molecule has 1 saturated heterocycles. The Hall–Kier alpha value is -4.73. The Morgan fingerprint density at radius 1 is 1.00 bits per heavy atom. The fraction of sp³-hybridized carbons (Fsp3) is 0.300. The predicted octanol–water partition coefficient (Wildman–Crippen LogP) is 2.89. The van der Waals surface area contributed by atoms with Gasteiger partial charge in [-0.05, 0) is 37.4 Å². The van der Waals surface area contributed by atoms with Gasteiger partial charge in [-0.3, -0.25) is 14.7 Å². The smallest absolute Gasteiger partial charge is 0.258 e. The number of carbonyl (C=O) groups is 2. The third kappa shape index (κ3) is 6.27. The molecule has 15 heteroatoms. The molecule has 13 nitrogen and oxygen atoms in total. The van der Waals surface area contributed by atoms with Crippen LogP contribution in [0.4, 0.5) is 21.6 Å². The minimum atomic E-state index is -4.09. The molecule has 45 heavy (non-hydrogen) atoms. The van der Waals surface area contributed by atoms with Gasteiger partial charge in [0.2, 0.25) is 10.0 Å². The zero-order chi connectivity index (χ0) is 31.7. The summed E-state index contributed by atoms with van der Waals surface area (Å²) in [4.78, 5) is 33.7. The molecule has 0 spiro atoms. The van der Waals surface area contributed by atoms with Crippen molar-refractivity contribution in [3.63, 3.8) is 0 Å². The van der Waals surface area contributed by atoms with Crippen LogP contribution < -0.4 is 20.3 Å². The zero-order valence-corrected chi connectivity index (χ0v) is 25.6. The molecule has 236 valence electrons. The van der Waals surface area contributed by atoms with Crippen LogP contribution in [0.3, 0.4) is 0 Å². The number of halogens is 1. The average molecular weight is 637 g/mol. The highest BCUT2D eigenvalue weighted by molar-refractivity contribution is 7.89. The third-order valence-electron chi connectivity index (χ3n) is 8.07. The predicted molar refractivity (Wildman–Crippen MR) is 166 cm³/mol. The van der Waals surface area contributed by atoms with Crippen molar-refractivity contribution in [2.45, 2.75) is 17.9 Å². The minimum absolute atomic E-state index is 0.0839. The normalized spacial score (nSPS) is 15.8. The summed E-state index contributed by atoms with van der Waals surface area (Å²) >= 11 is 0. The van der Waals surface area contributed by atoms with Crippen molar-refractivity contribution in [3.05, 3.63) is 83.1 Å². The van der Waals surface area contributed by atoms with Crippen LogP contribution in [0, 0.1) is 5.82 Å². The maximum atomic E-state index is 14.2. The zero-order valence-electron chi connectivity index (χ0n) is 24.8. The van der Waals surface area contributed by atoms with Crippen molar-refractivity contribution in [1.29, 1.82) is 0 Å². The molecule has 0 unspecified atom stereocenters. The molecule has 2 aliphatic heterocycles. The van der Waals surface area contributed by atoms with Crippen molar-refractivity contribution >= 4 is 39.0 Å². The number of aromatic amines is 2. The molecule has 2 aliphatic rings. The summed E-state index contributed by atoms with van der Waals surface area (Å²) in [6.45, 7) is 3.41. The van der Waals surface area contributed by atoms with Gasteiger partial charge in [0, 0.05) is 87.2 Å². The number of nitrogens with zero attached hydrogens (tertiary/aromatic N) is 4. The van der Waals surface area contributed by atoms with E-state index >= 15 is 0 Å². The summed E-state index contributed by atoms with van der Waals surface area (Å²) in [7, 11) is -0.702. The van der Waals surface area contributed by atoms with Crippen LogP contribution >= 0.6 is 0 Å². The van der Waals surface area contributed by atoms with E-state index < -0.39 is 21.7 Å². The van der Waals surface area contributed by atoms with Gasteiger partial charge in [-0.2, -0.15) is 9.40 Å². The van der Waals surface area contributed by atoms with E-state index in [0.29, 0.717) is 28.9 Å². The summed E-state index contributed by atoms with van der Waals surface area (Å²) in [5.41, 5.74) is 2.99. The number of methoxy groups -OCH3 is 1. The van der Waals surface area contributed by atoms with Gasteiger partial charge in [0.15, 0.2) is 5.82 Å². The standard InChI is InChI=1S/C30H33FN8O5S/c1-37-9-11-38(12-10-37)21-3-4-24(27(15-21)33-29(40)19-5-7-32-17-19)30(41)34-28-25-18-39(8-6-26(25)35-36-28)45(42,43)23-14-20(31)13-22(16-23)44-2/h3-5,7,13-17,32H,6,8-12,18H2,1-2H3,(H,33,40)(H2,34,35,36,41). The van der Waals surface area contributed by atoms with Crippen LogP contribution in [-0.2, 0) is 23.0 Å². The molecule has 6 rings (SSSR count). The van der Waals surface area contributed by atoms with E-state index in [1.165, 1.54) is 17.5 Å². The number of sulfonamides is 1. The Morgan fingerprint density at radius 3 is 2.53 bits per heavy atom. The van der Waals surface area contributed by atoms with Crippen LogP contribution in [0.25, 0.3) is 0 Å². The maximum Gasteiger partial charge on any atom is 0.258 e. The average Bonchev–Trinajstić information content (AvgIpc) is 3.72. The van der Waals surface area contributed by atoms with E-state index in [9.17, 15) is 22.4 Å². The fourth-order valence-corrected chi connectivity index (χ4v) is 6.92. The van der Waals surface area contributed by atoms with E-state index in [-0.39, 0.29) is 41.0 Å². The summed E-state index contributed by atoms with van der Waals surface area (Å²) in [5.74, 6) is -1.40. The lowest BCUT2D eigenvalue weighted by molar-refractivity contribution is 0.102. The molecule has 4 aromatic rings. The molecule has 2 amide bonds. The van der Waals surface area contributed by atoms with Gasteiger partial charge in [-0.25, -0.2) is 12.8 Å². The molecule has 2 aromatic heterocycles. The number of fused-ring (bicyclic) bond motifs is 1. The molecule has 0 bridgehead atoms. The number of aromatic nitrogens is 3. The van der Waals surface area contributed by atoms with Gasteiger partial charge in [0.1, 0.15) is 11.6 Å². The number of hydrogen-bond acceptors (Lipinski definition) is 8. The number of benzene rings is 2. The Bertz CT molecular complexity index is 1830. The summed E-state index contributed by atoms with van der Waals surface area (Å²) in [6.07, 6.45) is 3.51. The van der Waals surface area contributed by atoms with Crippen molar-refractivity contribution in [2.24, 2.45) is 0 Å². The van der Waals surface area contributed by atoms with Gasteiger partial charge in [-0.1, -0.05) is 0 Å². The van der Waals surface area contributed by atoms with Crippen molar-refractivity contribution < 1.29 is 27.1 Å². The van der Waals surface area contributed by atoms with E-state index in [4.69, 9.17) is 4.74 Å². The Labute approximate surface area is 259 Å². The topological polar surface area (TPSA) is 156 Å². The number of piperazine rings is 1. The molecule has 0 saturated carbocycles. The fourth-order valence-electron chi connectivity index (χ4n) is 5.46. The quantitative estimate of drug-likeness (QED) is 0.230. The van der Waals surface area contributed by atoms with Crippen LogP contribution in [0.5, 0.6) is 5.75 Å². The van der Waals surface area contributed by atoms with Crippen molar-refractivity contribution in [2.75, 3.05) is 62.4 Å². The first kappa shape index (κ1) is 30.3. The minimum Gasteiger partial charge on any atom is -0.497 e. The molecular weight excluding hydrogens is 603 g/mol. The third-order valence-corrected chi connectivity index (χ3v) is 9.90. The van der Waals surface area contributed by atoms with Crippen LogP contribution in [0.2, 0.25) is 0 Å². The van der Waals surface area contributed by atoms with Crippen molar-refractivity contribution in [3.8, 4) is 5.75 Å². The number of likely N-dealkylation sites (N-methyl/N-ethyl adjacent to an activating group) is 1. The van der Waals surface area contributed by atoms with Gasteiger partial charge in [0.25, 0.3) is 11.8 Å². The second-order valence-corrected chi connectivity index (χ2v) is 12.9. The summed E-state index contributed by atoms with van der Waals surface area (Å²) in [6, 6.07) is 10.2. The number of rotatable bonds is 8. The number of nitrogens with one attached hydrogen (secondary N) is 4. The molecule has 1 fully saturated rings. The SMILES string of the molecule is COc1cc(F)cc(S(=O)(=O)N2CCc3[nH]nc(NC(=O)c4ccc(N5CCN(C)CC5)cc4NC(=O)c4cc[nH]c4)c3C2)c1. The van der Waals surface area contributed by atoms with Crippen LogP contribution in [0.1, 0.15) is 32.0 Å². The highest BCUT2D eigenvalue weighted by Gasteiger charge is 2.32. The lowest BCUT2D eigenvalue weighted by Crippen LogP contribution is -2.44. The first-order valence-electron chi connectivity index (χ1n) is 14.4. The first-order valence-corrected chi connectivity index (χ1v) is 15.8. The second kappa shape index (κ2) is 12.3. The largest absolute Gasteiger partial charge is 0.497 e. The number of carbonyl (C=O) groups excluding carboxylic acids is 2. The van der Waals surface area contributed by atoms with E-state index in [2.05, 4.69) is 42.7 Å². The monoisotopic (exact) mass is 636 g/mol. The van der Waals surface area contributed by atoms with Crippen molar-refractivity contribution in [1.82, 2.24) is 24.4 Å². The Morgan fingerprint density at radius 2 is 1.80 bits per heavy atom. The van der Waals surface area contributed by atoms with E-state index in [0.717, 1.165) is 44.0 Å². The molecule has 0 radical (unpaired) electrons. The second-order valence-electron chi connectivity index (χ2n) is 11.0. The van der Waals surface area contributed by atoms with Gasteiger partial charge < -0.3 is 30.2 Å². The van der Waals surface area contributed by atoms with Crippen LogP contribution in [0.15, 0.2) is 59.8 Å².